The normalized spacial score (nSPS) is 24.4. The van der Waals surface area contributed by atoms with Crippen molar-refractivity contribution >= 4 is 23.2 Å². The van der Waals surface area contributed by atoms with E-state index in [0.29, 0.717) is 28.8 Å². The van der Waals surface area contributed by atoms with Gasteiger partial charge in [-0.3, -0.25) is 0 Å². The molecule has 4 heteroatoms. The van der Waals surface area contributed by atoms with E-state index in [-0.39, 0.29) is 5.92 Å². The summed E-state index contributed by atoms with van der Waals surface area (Å²) in [6, 6.07) is 5.15. The van der Waals surface area contributed by atoms with Crippen LogP contribution in [0.2, 0.25) is 10.0 Å². The average molecular weight is 261 g/mol. The van der Waals surface area contributed by atoms with E-state index in [4.69, 9.17) is 27.9 Å². The predicted molar refractivity (Wildman–Crippen MR) is 65.0 cm³/mol. The van der Waals surface area contributed by atoms with Gasteiger partial charge < -0.3 is 9.84 Å². The smallest absolute Gasteiger partial charge is 0.0934 e. The number of hydrogen-bond donors (Lipinski definition) is 1. The van der Waals surface area contributed by atoms with E-state index < -0.39 is 5.60 Å². The number of aliphatic hydroxyl groups is 1. The van der Waals surface area contributed by atoms with Crippen LogP contribution in [0.4, 0.5) is 0 Å². The molecule has 1 N–H and O–H groups in total. The maximum Gasteiger partial charge on any atom is 0.0934 e. The molecule has 1 aliphatic heterocycles. The highest BCUT2D eigenvalue weighted by Crippen LogP contribution is 2.39. The van der Waals surface area contributed by atoms with Crippen molar-refractivity contribution in [2.24, 2.45) is 5.92 Å². The zero-order valence-corrected chi connectivity index (χ0v) is 10.6. The number of hydrogen-bond acceptors (Lipinski definition) is 2. The molecular weight excluding hydrogens is 247 g/mol. The monoisotopic (exact) mass is 260 g/mol. The van der Waals surface area contributed by atoms with Crippen LogP contribution >= 0.6 is 23.2 Å². The van der Waals surface area contributed by atoms with Crippen LogP contribution in [0.5, 0.6) is 0 Å². The molecule has 2 rings (SSSR count). The zero-order valence-electron chi connectivity index (χ0n) is 9.04. The summed E-state index contributed by atoms with van der Waals surface area (Å²) in [4.78, 5) is 0. The van der Waals surface area contributed by atoms with Gasteiger partial charge in [0.25, 0.3) is 0 Å². The average Bonchev–Trinajstić information content (AvgIpc) is 2.75. The Hall–Kier alpha value is -0.280. The SMILES string of the molecule is CC(O)(c1cc(Cl)ccc1Cl)C1CCOC1. The highest BCUT2D eigenvalue weighted by molar-refractivity contribution is 6.33. The van der Waals surface area contributed by atoms with E-state index in [9.17, 15) is 5.11 Å². The molecule has 0 spiro atoms. The highest BCUT2D eigenvalue weighted by atomic mass is 35.5. The Labute approximate surface area is 105 Å². The van der Waals surface area contributed by atoms with E-state index in [0.717, 1.165) is 6.42 Å². The molecule has 1 aromatic carbocycles. The van der Waals surface area contributed by atoms with Crippen molar-refractivity contribution in [1.29, 1.82) is 0 Å². The molecular formula is C12H14Cl2O2. The summed E-state index contributed by atoms with van der Waals surface area (Å²) in [5.41, 5.74) is -0.310. The Morgan fingerprint density at radius 2 is 2.19 bits per heavy atom. The number of ether oxygens (including phenoxy) is 1. The minimum atomic E-state index is -0.988. The first-order valence-corrected chi connectivity index (χ1v) is 6.03. The molecule has 0 amide bonds. The summed E-state index contributed by atoms with van der Waals surface area (Å²) in [6.07, 6.45) is 0.843. The van der Waals surface area contributed by atoms with Crippen LogP contribution in [0.1, 0.15) is 18.9 Å². The molecule has 0 bridgehead atoms. The van der Waals surface area contributed by atoms with Gasteiger partial charge in [0.1, 0.15) is 0 Å². The first-order chi connectivity index (χ1) is 7.51. The van der Waals surface area contributed by atoms with Crippen LogP contribution in [-0.4, -0.2) is 18.3 Å². The Balaban J connectivity index is 2.37. The Kier molecular flexibility index (Phi) is 3.45. The molecule has 0 aliphatic carbocycles. The molecule has 16 heavy (non-hydrogen) atoms. The van der Waals surface area contributed by atoms with Gasteiger partial charge in [-0.15, -0.1) is 0 Å². The van der Waals surface area contributed by atoms with E-state index >= 15 is 0 Å². The molecule has 0 radical (unpaired) electrons. The third-order valence-electron chi connectivity index (χ3n) is 3.20. The minimum absolute atomic E-state index is 0.0727. The standard InChI is InChI=1S/C12H14Cl2O2/c1-12(15,8-4-5-16-7-8)10-6-9(13)2-3-11(10)14/h2-3,6,8,15H,4-5,7H2,1H3. The summed E-state index contributed by atoms with van der Waals surface area (Å²) < 4.78 is 5.30. The van der Waals surface area contributed by atoms with Crippen LogP contribution in [0.25, 0.3) is 0 Å². The molecule has 1 aliphatic rings. The van der Waals surface area contributed by atoms with Gasteiger partial charge in [-0.25, -0.2) is 0 Å². The topological polar surface area (TPSA) is 29.5 Å². The van der Waals surface area contributed by atoms with Crippen molar-refractivity contribution in [1.82, 2.24) is 0 Å². The van der Waals surface area contributed by atoms with E-state index in [1.54, 1.807) is 25.1 Å². The summed E-state index contributed by atoms with van der Waals surface area (Å²) in [6.45, 7) is 3.03. The number of rotatable bonds is 2. The first-order valence-electron chi connectivity index (χ1n) is 5.27. The Morgan fingerprint density at radius 3 is 2.81 bits per heavy atom. The van der Waals surface area contributed by atoms with Crippen molar-refractivity contribution in [3.05, 3.63) is 33.8 Å². The lowest BCUT2D eigenvalue weighted by Gasteiger charge is -2.30. The van der Waals surface area contributed by atoms with Crippen molar-refractivity contribution in [3.8, 4) is 0 Å². The second kappa shape index (κ2) is 4.53. The molecule has 88 valence electrons. The lowest BCUT2D eigenvalue weighted by Crippen LogP contribution is -2.32. The second-order valence-corrected chi connectivity index (χ2v) is 5.18. The summed E-state index contributed by atoms with van der Waals surface area (Å²) >= 11 is 12.0. The molecule has 1 fully saturated rings. The van der Waals surface area contributed by atoms with Gasteiger partial charge in [0, 0.05) is 28.1 Å². The van der Waals surface area contributed by atoms with E-state index in [1.165, 1.54) is 0 Å². The van der Waals surface area contributed by atoms with Crippen molar-refractivity contribution in [2.75, 3.05) is 13.2 Å². The van der Waals surface area contributed by atoms with E-state index in [2.05, 4.69) is 0 Å². The van der Waals surface area contributed by atoms with Crippen molar-refractivity contribution < 1.29 is 9.84 Å². The number of benzene rings is 1. The zero-order chi connectivity index (χ0) is 11.8. The van der Waals surface area contributed by atoms with Crippen LogP contribution in [0.15, 0.2) is 18.2 Å². The molecule has 2 atom stereocenters. The third-order valence-corrected chi connectivity index (χ3v) is 3.76. The van der Waals surface area contributed by atoms with Crippen molar-refractivity contribution in [3.63, 3.8) is 0 Å². The van der Waals surface area contributed by atoms with E-state index in [1.807, 2.05) is 0 Å². The lowest BCUT2D eigenvalue weighted by atomic mass is 9.82. The summed E-state index contributed by atoms with van der Waals surface area (Å²) in [5, 5.41) is 11.7. The van der Waals surface area contributed by atoms with Gasteiger partial charge in [-0.1, -0.05) is 23.2 Å². The highest BCUT2D eigenvalue weighted by Gasteiger charge is 2.37. The Bertz CT molecular complexity index is 385. The number of halogens is 2. The van der Waals surface area contributed by atoms with Crippen LogP contribution < -0.4 is 0 Å². The lowest BCUT2D eigenvalue weighted by molar-refractivity contribution is -0.00960. The summed E-state index contributed by atoms with van der Waals surface area (Å²) in [7, 11) is 0. The molecule has 2 nitrogen and oxygen atoms in total. The van der Waals surface area contributed by atoms with Gasteiger partial charge >= 0.3 is 0 Å². The van der Waals surface area contributed by atoms with Crippen LogP contribution in [0.3, 0.4) is 0 Å². The minimum Gasteiger partial charge on any atom is -0.385 e. The van der Waals surface area contributed by atoms with Gasteiger partial charge in [0.05, 0.1) is 12.2 Å². The fraction of sp³-hybridized carbons (Fsp3) is 0.500. The fourth-order valence-corrected chi connectivity index (χ4v) is 2.56. The molecule has 1 heterocycles. The summed E-state index contributed by atoms with van der Waals surface area (Å²) in [5.74, 6) is 0.0727. The fourth-order valence-electron chi connectivity index (χ4n) is 2.08. The Morgan fingerprint density at radius 1 is 1.44 bits per heavy atom. The maximum absolute atomic E-state index is 10.6. The van der Waals surface area contributed by atoms with Crippen LogP contribution in [-0.2, 0) is 10.3 Å². The van der Waals surface area contributed by atoms with Gasteiger partial charge in [0.2, 0.25) is 0 Å². The molecule has 0 saturated carbocycles. The van der Waals surface area contributed by atoms with Crippen LogP contribution in [0, 0.1) is 5.92 Å². The van der Waals surface area contributed by atoms with Crippen molar-refractivity contribution in [2.45, 2.75) is 18.9 Å². The predicted octanol–water partition coefficient (Wildman–Crippen LogP) is 3.24. The second-order valence-electron chi connectivity index (χ2n) is 4.33. The largest absolute Gasteiger partial charge is 0.385 e. The van der Waals surface area contributed by atoms with Gasteiger partial charge in [-0.05, 0) is 31.5 Å². The molecule has 2 unspecified atom stereocenters. The quantitative estimate of drug-likeness (QED) is 0.885. The molecule has 0 aromatic heterocycles. The molecule has 1 saturated heterocycles. The maximum atomic E-state index is 10.6. The first kappa shape index (κ1) is 12.2. The molecule has 1 aromatic rings. The van der Waals surface area contributed by atoms with Gasteiger partial charge in [-0.2, -0.15) is 0 Å². The third kappa shape index (κ3) is 2.21. The van der Waals surface area contributed by atoms with Gasteiger partial charge in [0.15, 0.2) is 0 Å².